The normalized spacial score (nSPS) is 16.0. The molecule has 4 nitrogen and oxygen atoms in total. The van der Waals surface area contributed by atoms with Gasteiger partial charge in [0.25, 0.3) is 0 Å². The summed E-state index contributed by atoms with van der Waals surface area (Å²) in [5.41, 5.74) is 5.58. The van der Waals surface area contributed by atoms with Crippen LogP contribution in [0, 0.1) is 20.8 Å². The van der Waals surface area contributed by atoms with E-state index in [-0.39, 0.29) is 6.61 Å². The summed E-state index contributed by atoms with van der Waals surface area (Å²) in [6.45, 7) is 7.00. The van der Waals surface area contributed by atoms with Crippen LogP contribution < -0.4 is 4.74 Å². The van der Waals surface area contributed by atoms with Crippen molar-refractivity contribution in [3.63, 3.8) is 0 Å². The van der Waals surface area contributed by atoms with Gasteiger partial charge in [-0.25, -0.2) is 4.98 Å². The lowest BCUT2D eigenvalue weighted by molar-refractivity contribution is 0.0917. The maximum Gasteiger partial charge on any atom is 0.125 e. The van der Waals surface area contributed by atoms with Gasteiger partial charge in [0.2, 0.25) is 0 Å². The summed E-state index contributed by atoms with van der Waals surface area (Å²) in [6, 6.07) is 12.5. The van der Waals surface area contributed by atoms with Gasteiger partial charge in [-0.05, 0) is 56.9 Å². The summed E-state index contributed by atoms with van der Waals surface area (Å²) in [5, 5.41) is 10.8. The van der Waals surface area contributed by atoms with Gasteiger partial charge in [0.1, 0.15) is 24.3 Å². The molecule has 4 heteroatoms. The molecule has 0 radical (unpaired) electrons. The first kappa shape index (κ1) is 19.0. The largest absolute Gasteiger partial charge is 0.490 e. The van der Waals surface area contributed by atoms with Crippen LogP contribution in [-0.2, 0) is 6.54 Å². The minimum atomic E-state index is -0.585. The van der Waals surface area contributed by atoms with Gasteiger partial charge in [-0.2, -0.15) is 0 Å². The van der Waals surface area contributed by atoms with Crippen LogP contribution >= 0.6 is 0 Å². The number of aromatic nitrogens is 2. The van der Waals surface area contributed by atoms with Crippen molar-refractivity contribution in [2.75, 3.05) is 6.61 Å². The second-order valence-electron chi connectivity index (χ2n) is 8.24. The number of aliphatic hydroxyl groups excluding tert-OH is 1. The average Bonchev–Trinajstić information content (AvgIpc) is 3.29. The predicted molar refractivity (Wildman–Crippen MR) is 113 cm³/mol. The fraction of sp³-hybridized carbons (Fsp3) is 0.458. The minimum absolute atomic E-state index is 0.279. The molecule has 0 aliphatic heterocycles. The van der Waals surface area contributed by atoms with Crippen LogP contribution in [0.5, 0.6) is 5.75 Å². The SMILES string of the molecule is Cc1cc(C)c(OCC(O)Cn2c(C3CCCC3)nc3ccccc32)c(C)c1. The van der Waals surface area contributed by atoms with E-state index in [1.54, 1.807) is 0 Å². The van der Waals surface area contributed by atoms with Crippen molar-refractivity contribution in [1.82, 2.24) is 9.55 Å². The number of aryl methyl sites for hydroxylation is 3. The number of benzene rings is 2. The molecule has 148 valence electrons. The maximum atomic E-state index is 10.8. The molecule has 28 heavy (non-hydrogen) atoms. The van der Waals surface area contributed by atoms with Gasteiger partial charge in [-0.1, -0.05) is 42.7 Å². The maximum absolute atomic E-state index is 10.8. The number of ether oxygens (including phenoxy) is 1. The molecule has 1 aromatic heterocycles. The highest BCUT2D eigenvalue weighted by Gasteiger charge is 2.24. The van der Waals surface area contributed by atoms with Gasteiger partial charge in [-0.3, -0.25) is 0 Å². The standard InChI is InChI=1S/C24H30N2O2/c1-16-12-17(2)23(18(3)13-16)28-15-20(27)14-26-22-11-7-6-10-21(22)25-24(26)19-8-4-5-9-19/h6-7,10-13,19-20,27H,4-5,8-9,14-15H2,1-3H3. The topological polar surface area (TPSA) is 47.3 Å². The fourth-order valence-electron chi connectivity index (χ4n) is 4.62. The van der Waals surface area contributed by atoms with E-state index in [1.807, 2.05) is 12.1 Å². The summed E-state index contributed by atoms with van der Waals surface area (Å²) < 4.78 is 8.24. The zero-order valence-electron chi connectivity index (χ0n) is 17.1. The van der Waals surface area contributed by atoms with Gasteiger partial charge in [0.15, 0.2) is 0 Å². The second-order valence-corrected chi connectivity index (χ2v) is 8.24. The van der Waals surface area contributed by atoms with E-state index in [2.05, 4.69) is 49.6 Å². The number of aliphatic hydroxyl groups is 1. The number of para-hydroxylation sites is 2. The minimum Gasteiger partial charge on any atom is -0.490 e. The molecule has 0 saturated heterocycles. The van der Waals surface area contributed by atoms with Crippen molar-refractivity contribution >= 4 is 11.0 Å². The zero-order valence-corrected chi connectivity index (χ0v) is 17.1. The van der Waals surface area contributed by atoms with E-state index in [4.69, 9.17) is 9.72 Å². The van der Waals surface area contributed by atoms with Crippen molar-refractivity contribution in [3.8, 4) is 5.75 Å². The number of hydrogen-bond acceptors (Lipinski definition) is 3. The Morgan fingerprint density at radius 1 is 1.11 bits per heavy atom. The van der Waals surface area contributed by atoms with E-state index in [1.165, 1.54) is 31.2 Å². The Kier molecular flexibility index (Phi) is 5.40. The number of rotatable bonds is 6. The molecule has 1 aliphatic carbocycles. The highest BCUT2D eigenvalue weighted by Crippen LogP contribution is 2.35. The Morgan fingerprint density at radius 3 is 2.50 bits per heavy atom. The van der Waals surface area contributed by atoms with Gasteiger partial charge < -0.3 is 14.4 Å². The summed E-state index contributed by atoms with van der Waals surface area (Å²) in [6.07, 6.45) is 4.34. The van der Waals surface area contributed by atoms with Crippen molar-refractivity contribution < 1.29 is 9.84 Å². The van der Waals surface area contributed by atoms with Crippen molar-refractivity contribution in [2.24, 2.45) is 0 Å². The van der Waals surface area contributed by atoms with E-state index in [0.29, 0.717) is 12.5 Å². The van der Waals surface area contributed by atoms with E-state index in [0.717, 1.165) is 33.7 Å². The Morgan fingerprint density at radius 2 is 1.79 bits per heavy atom. The van der Waals surface area contributed by atoms with E-state index in [9.17, 15) is 5.11 Å². The smallest absolute Gasteiger partial charge is 0.125 e. The first-order valence-electron chi connectivity index (χ1n) is 10.4. The predicted octanol–water partition coefficient (Wildman–Crippen LogP) is 5.06. The zero-order chi connectivity index (χ0) is 19.7. The molecule has 1 aliphatic rings. The molecule has 1 atom stereocenters. The van der Waals surface area contributed by atoms with Gasteiger partial charge in [0.05, 0.1) is 17.6 Å². The van der Waals surface area contributed by atoms with Crippen LogP contribution in [0.25, 0.3) is 11.0 Å². The lowest BCUT2D eigenvalue weighted by Gasteiger charge is -2.19. The van der Waals surface area contributed by atoms with E-state index < -0.39 is 6.10 Å². The first-order valence-corrected chi connectivity index (χ1v) is 10.4. The van der Waals surface area contributed by atoms with E-state index >= 15 is 0 Å². The molecule has 0 bridgehead atoms. The van der Waals surface area contributed by atoms with Crippen molar-refractivity contribution in [2.45, 2.75) is 65.0 Å². The Balaban J connectivity index is 1.54. The molecule has 1 fully saturated rings. The second kappa shape index (κ2) is 7.96. The summed E-state index contributed by atoms with van der Waals surface area (Å²) in [7, 11) is 0. The summed E-state index contributed by atoms with van der Waals surface area (Å²) in [4.78, 5) is 4.91. The number of fused-ring (bicyclic) bond motifs is 1. The highest BCUT2D eigenvalue weighted by molar-refractivity contribution is 5.76. The first-order chi connectivity index (χ1) is 13.5. The van der Waals surface area contributed by atoms with Gasteiger partial charge in [0, 0.05) is 5.92 Å². The molecular weight excluding hydrogens is 348 g/mol. The molecule has 0 amide bonds. The van der Waals surface area contributed by atoms with Crippen LogP contribution in [0.4, 0.5) is 0 Å². The number of imidazole rings is 1. The molecule has 4 rings (SSSR count). The van der Waals surface area contributed by atoms with Crippen LogP contribution in [0.1, 0.15) is 54.1 Å². The Bertz CT molecular complexity index is 947. The van der Waals surface area contributed by atoms with Crippen LogP contribution in [-0.4, -0.2) is 27.4 Å². The van der Waals surface area contributed by atoms with Crippen LogP contribution in [0.3, 0.4) is 0 Å². The molecule has 2 aromatic carbocycles. The molecule has 1 N–H and O–H groups in total. The fourth-order valence-corrected chi connectivity index (χ4v) is 4.62. The third-order valence-electron chi connectivity index (χ3n) is 5.82. The molecule has 1 heterocycles. The monoisotopic (exact) mass is 378 g/mol. The lowest BCUT2D eigenvalue weighted by Crippen LogP contribution is -2.25. The summed E-state index contributed by atoms with van der Waals surface area (Å²) >= 11 is 0. The Labute approximate surface area is 167 Å². The van der Waals surface area contributed by atoms with Gasteiger partial charge in [-0.15, -0.1) is 0 Å². The van der Waals surface area contributed by atoms with Gasteiger partial charge >= 0.3 is 0 Å². The molecular formula is C24H30N2O2. The highest BCUT2D eigenvalue weighted by atomic mass is 16.5. The molecule has 0 spiro atoms. The lowest BCUT2D eigenvalue weighted by atomic mass is 10.1. The quantitative estimate of drug-likeness (QED) is 0.652. The molecule has 3 aromatic rings. The Hall–Kier alpha value is -2.33. The number of nitrogens with zero attached hydrogens (tertiary/aromatic N) is 2. The summed E-state index contributed by atoms with van der Waals surface area (Å²) in [5.74, 6) is 2.51. The number of hydrogen-bond donors (Lipinski definition) is 1. The average molecular weight is 379 g/mol. The van der Waals surface area contributed by atoms with Crippen molar-refractivity contribution in [3.05, 3.63) is 58.9 Å². The molecule has 1 unspecified atom stereocenters. The third kappa shape index (κ3) is 3.79. The molecule has 1 saturated carbocycles. The third-order valence-corrected chi connectivity index (χ3v) is 5.82. The van der Waals surface area contributed by atoms with Crippen LogP contribution in [0.15, 0.2) is 36.4 Å². The van der Waals surface area contributed by atoms with Crippen LogP contribution in [0.2, 0.25) is 0 Å². The van der Waals surface area contributed by atoms with Crippen molar-refractivity contribution in [1.29, 1.82) is 0 Å².